The quantitative estimate of drug-likeness (QED) is 0.591. The minimum Gasteiger partial charge on any atom is -0.423 e. The number of carbonyl (C=O) groups is 1. The summed E-state index contributed by atoms with van der Waals surface area (Å²) in [6.07, 6.45) is 0.212. The van der Waals surface area contributed by atoms with Gasteiger partial charge in [0, 0.05) is 13.5 Å². The Morgan fingerprint density at radius 1 is 1.52 bits per heavy atom. The van der Waals surface area contributed by atoms with Crippen molar-refractivity contribution >= 4 is 18.4 Å². The molecular formula is C15H18BN3O4. The first-order valence-corrected chi connectivity index (χ1v) is 7.43. The van der Waals surface area contributed by atoms with Crippen molar-refractivity contribution in [2.24, 2.45) is 0 Å². The van der Waals surface area contributed by atoms with Crippen LogP contribution in [0.4, 0.5) is 0 Å². The van der Waals surface area contributed by atoms with Crippen LogP contribution in [0.15, 0.2) is 18.2 Å². The Balaban J connectivity index is 1.75. The highest BCUT2D eigenvalue weighted by Gasteiger charge is 2.27. The summed E-state index contributed by atoms with van der Waals surface area (Å²) in [6.45, 7) is 3.30. The second-order valence-corrected chi connectivity index (χ2v) is 5.54. The molecule has 0 unspecified atom stereocenters. The molecule has 1 aromatic heterocycles. The van der Waals surface area contributed by atoms with Gasteiger partial charge in [-0.15, -0.1) is 5.10 Å². The smallest absolute Gasteiger partial charge is 0.423 e. The summed E-state index contributed by atoms with van der Waals surface area (Å²) in [5, 5.41) is 17.7. The SMILES string of the molecule is COCCn1nnc(C(=O)Cc2ccc3c(c2)B(O)OC3)c1C. The number of carbonyl (C=O) groups excluding carboxylic acids is 1. The number of ether oxygens (including phenoxy) is 1. The van der Waals surface area contributed by atoms with Gasteiger partial charge in [0.25, 0.3) is 0 Å². The lowest BCUT2D eigenvalue weighted by Gasteiger charge is -2.04. The number of benzene rings is 1. The van der Waals surface area contributed by atoms with Crippen LogP contribution in [0, 0.1) is 6.92 Å². The minimum atomic E-state index is -0.906. The van der Waals surface area contributed by atoms with E-state index in [-0.39, 0.29) is 12.2 Å². The molecule has 1 aliphatic rings. The first-order valence-electron chi connectivity index (χ1n) is 7.43. The van der Waals surface area contributed by atoms with Crippen LogP contribution in [-0.2, 0) is 29.0 Å². The van der Waals surface area contributed by atoms with E-state index in [2.05, 4.69) is 10.3 Å². The predicted molar refractivity (Wildman–Crippen MR) is 83.5 cm³/mol. The zero-order valence-electron chi connectivity index (χ0n) is 13.2. The summed E-state index contributed by atoms with van der Waals surface area (Å²) >= 11 is 0. The normalized spacial score (nSPS) is 13.4. The van der Waals surface area contributed by atoms with Gasteiger partial charge in [0.15, 0.2) is 11.5 Å². The molecule has 0 saturated heterocycles. The molecular weight excluding hydrogens is 297 g/mol. The van der Waals surface area contributed by atoms with Crippen LogP contribution in [0.1, 0.15) is 27.3 Å². The number of Topliss-reactive ketones (excluding diaryl/α,β-unsaturated/α-hetero) is 1. The second-order valence-electron chi connectivity index (χ2n) is 5.54. The Bertz CT molecular complexity index is 732. The molecule has 1 aromatic carbocycles. The summed E-state index contributed by atoms with van der Waals surface area (Å²) in [7, 11) is 0.710. The molecule has 3 rings (SSSR count). The molecule has 2 aromatic rings. The molecule has 0 saturated carbocycles. The fraction of sp³-hybridized carbons (Fsp3) is 0.400. The zero-order chi connectivity index (χ0) is 16.4. The molecule has 0 atom stereocenters. The van der Waals surface area contributed by atoms with Gasteiger partial charge in [-0.2, -0.15) is 0 Å². The number of nitrogens with zero attached hydrogens (tertiary/aromatic N) is 3. The van der Waals surface area contributed by atoms with Gasteiger partial charge in [-0.1, -0.05) is 23.4 Å². The van der Waals surface area contributed by atoms with E-state index in [1.807, 2.05) is 25.1 Å². The third kappa shape index (κ3) is 3.19. The van der Waals surface area contributed by atoms with Crippen LogP contribution >= 0.6 is 0 Å². The fourth-order valence-electron chi connectivity index (χ4n) is 2.65. The van der Waals surface area contributed by atoms with Gasteiger partial charge < -0.3 is 14.4 Å². The number of ketones is 1. The first kappa shape index (κ1) is 15.9. The van der Waals surface area contributed by atoms with E-state index in [1.165, 1.54) is 0 Å². The van der Waals surface area contributed by atoms with Crippen molar-refractivity contribution in [3.63, 3.8) is 0 Å². The number of rotatable bonds is 6. The van der Waals surface area contributed by atoms with Gasteiger partial charge in [-0.25, -0.2) is 4.68 Å². The summed E-state index contributed by atoms with van der Waals surface area (Å²) in [5.74, 6) is -0.0977. The first-order chi connectivity index (χ1) is 11.1. The highest BCUT2D eigenvalue weighted by atomic mass is 16.5. The molecule has 7 nitrogen and oxygen atoms in total. The zero-order valence-corrected chi connectivity index (χ0v) is 13.2. The molecule has 2 heterocycles. The lowest BCUT2D eigenvalue weighted by molar-refractivity contribution is 0.0987. The Kier molecular flexibility index (Phi) is 4.56. The lowest BCUT2D eigenvalue weighted by atomic mass is 9.78. The molecule has 1 N–H and O–H groups in total. The van der Waals surface area contributed by atoms with Gasteiger partial charge in [-0.3, -0.25) is 4.79 Å². The summed E-state index contributed by atoms with van der Waals surface area (Å²) in [6, 6.07) is 5.58. The number of methoxy groups -OCH3 is 1. The van der Waals surface area contributed by atoms with Crippen LogP contribution < -0.4 is 5.46 Å². The average molecular weight is 315 g/mol. The molecule has 1 aliphatic heterocycles. The standard InChI is InChI=1S/C15H18BN3O4/c1-10-15(17-18-19(10)5-6-22-2)14(20)8-11-3-4-12-9-23-16(21)13(12)7-11/h3-4,7,21H,5-6,8-9H2,1-2H3. The molecule has 23 heavy (non-hydrogen) atoms. The van der Waals surface area contributed by atoms with Crippen molar-refractivity contribution in [2.45, 2.75) is 26.5 Å². The average Bonchev–Trinajstić information content (AvgIpc) is 3.09. The highest BCUT2D eigenvalue weighted by Crippen LogP contribution is 2.14. The molecule has 0 bridgehead atoms. The molecule has 8 heteroatoms. The van der Waals surface area contributed by atoms with Gasteiger partial charge in [0.05, 0.1) is 25.5 Å². The molecule has 0 amide bonds. The molecule has 0 aliphatic carbocycles. The number of fused-ring (bicyclic) bond motifs is 1. The summed E-state index contributed by atoms with van der Waals surface area (Å²) in [5.41, 5.74) is 3.62. The molecule has 0 fully saturated rings. The largest absolute Gasteiger partial charge is 0.491 e. The Labute approximate surface area is 134 Å². The molecule has 0 spiro atoms. The van der Waals surface area contributed by atoms with Crippen LogP contribution in [0.5, 0.6) is 0 Å². The van der Waals surface area contributed by atoms with Gasteiger partial charge in [0.2, 0.25) is 0 Å². The molecule has 120 valence electrons. The van der Waals surface area contributed by atoms with Crippen molar-refractivity contribution in [1.82, 2.24) is 15.0 Å². The Hall–Kier alpha value is -2.03. The van der Waals surface area contributed by atoms with Gasteiger partial charge in [0.1, 0.15) is 0 Å². The van der Waals surface area contributed by atoms with Crippen LogP contribution in [0.3, 0.4) is 0 Å². The lowest BCUT2D eigenvalue weighted by Crippen LogP contribution is -2.28. The van der Waals surface area contributed by atoms with E-state index in [9.17, 15) is 9.82 Å². The maximum Gasteiger partial charge on any atom is 0.491 e. The van der Waals surface area contributed by atoms with Crippen molar-refractivity contribution in [1.29, 1.82) is 0 Å². The number of hydrogen-bond acceptors (Lipinski definition) is 6. The van der Waals surface area contributed by atoms with Crippen molar-refractivity contribution in [3.8, 4) is 0 Å². The van der Waals surface area contributed by atoms with Crippen molar-refractivity contribution < 1.29 is 19.2 Å². The summed E-state index contributed by atoms with van der Waals surface area (Å²) in [4.78, 5) is 12.5. The Morgan fingerprint density at radius 3 is 3.13 bits per heavy atom. The van der Waals surface area contributed by atoms with E-state index >= 15 is 0 Å². The molecule has 0 radical (unpaired) electrons. The second kappa shape index (κ2) is 6.61. The Morgan fingerprint density at radius 2 is 2.35 bits per heavy atom. The maximum absolute atomic E-state index is 12.5. The fourth-order valence-corrected chi connectivity index (χ4v) is 2.65. The van der Waals surface area contributed by atoms with Crippen molar-refractivity contribution in [2.75, 3.05) is 13.7 Å². The highest BCUT2D eigenvalue weighted by molar-refractivity contribution is 6.61. The van der Waals surface area contributed by atoms with E-state index in [4.69, 9.17) is 9.39 Å². The van der Waals surface area contributed by atoms with Gasteiger partial charge in [-0.05, 0) is 23.5 Å². The topological polar surface area (TPSA) is 86.5 Å². The predicted octanol–water partition coefficient (Wildman–Crippen LogP) is -0.124. The van der Waals surface area contributed by atoms with Crippen LogP contribution in [-0.4, -0.2) is 46.6 Å². The van der Waals surface area contributed by atoms with E-state index in [0.717, 1.165) is 22.3 Å². The van der Waals surface area contributed by atoms with Crippen LogP contribution in [0.2, 0.25) is 0 Å². The number of aromatic nitrogens is 3. The number of hydrogen-bond donors (Lipinski definition) is 1. The van der Waals surface area contributed by atoms with E-state index in [0.29, 0.717) is 25.5 Å². The third-order valence-corrected chi connectivity index (χ3v) is 3.99. The van der Waals surface area contributed by atoms with Crippen molar-refractivity contribution in [3.05, 3.63) is 40.7 Å². The minimum absolute atomic E-state index is 0.0977. The summed E-state index contributed by atoms with van der Waals surface area (Å²) < 4.78 is 11.8. The van der Waals surface area contributed by atoms with E-state index < -0.39 is 7.12 Å². The monoisotopic (exact) mass is 315 g/mol. The van der Waals surface area contributed by atoms with Crippen LogP contribution in [0.25, 0.3) is 0 Å². The van der Waals surface area contributed by atoms with E-state index in [1.54, 1.807) is 11.8 Å². The third-order valence-electron chi connectivity index (χ3n) is 3.99. The maximum atomic E-state index is 12.5. The van der Waals surface area contributed by atoms with Gasteiger partial charge >= 0.3 is 7.12 Å².